The lowest BCUT2D eigenvalue weighted by Gasteiger charge is -2.08. The van der Waals surface area contributed by atoms with Crippen molar-refractivity contribution in [2.75, 3.05) is 0 Å². The fraction of sp³-hybridized carbons (Fsp3) is 0.412. The Balaban J connectivity index is 0.000000172. The van der Waals surface area contributed by atoms with Gasteiger partial charge in [-0.25, -0.2) is 0 Å². The lowest BCUT2D eigenvalue weighted by atomic mass is 9.98. The average Bonchev–Trinajstić information content (AvgIpc) is 3.11. The van der Waals surface area contributed by atoms with Crippen molar-refractivity contribution in [3.63, 3.8) is 0 Å². The second-order valence-corrected chi connectivity index (χ2v) is 6.13. The van der Waals surface area contributed by atoms with Gasteiger partial charge in [0.05, 0.1) is 0 Å². The SMILES string of the molecule is Clc1cccc(CC2CCCC2)c1.Cn1nccc1C(N)=O. The molecule has 1 fully saturated rings. The molecule has 0 spiro atoms. The van der Waals surface area contributed by atoms with Crippen LogP contribution in [-0.4, -0.2) is 15.7 Å². The molecule has 0 aliphatic heterocycles. The molecule has 1 amide bonds. The Hall–Kier alpha value is -1.81. The number of aromatic nitrogens is 2. The van der Waals surface area contributed by atoms with Crippen LogP contribution < -0.4 is 5.73 Å². The summed E-state index contributed by atoms with van der Waals surface area (Å²) in [5, 5.41) is 4.62. The van der Waals surface area contributed by atoms with Crippen molar-refractivity contribution in [2.45, 2.75) is 32.1 Å². The van der Waals surface area contributed by atoms with Crippen LogP contribution in [0.15, 0.2) is 36.5 Å². The van der Waals surface area contributed by atoms with E-state index in [9.17, 15) is 4.79 Å². The highest BCUT2D eigenvalue weighted by molar-refractivity contribution is 6.30. The standard InChI is InChI=1S/C12H15Cl.C5H7N3O/c13-12-7-3-6-11(9-12)8-10-4-1-2-5-10;1-8-4(5(6)9)2-3-7-8/h3,6-7,9-10H,1-2,4-5,8H2;2-3H,1H3,(H2,6,9). The number of hydrogen-bond donors (Lipinski definition) is 1. The Labute approximate surface area is 136 Å². The largest absolute Gasteiger partial charge is 0.364 e. The highest BCUT2D eigenvalue weighted by atomic mass is 35.5. The van der Waals surface area contributed by atoms with Crippen LogP contribution in [0.25, 0.3) is 0 Å². The highest BCUT2D eigenvalue weighted by Crippen LogP contribution is 2.28. The molecule has 4 nitrogen and oxygen atoms in total. The van der Waals surface area contributed by atoms with E-state index < -0.39 is 5.91 Å². The molecule has 0 bridgehead atoms. The summed E-state index contributed by atoms with van der Waals surface area (Å²) in [5.74, 6) is 0.466. The van der Waals surface area contributed by atoms with Crippen LogP contribution >= 0.6 is 11.6 Å². The van der Waals surface area contributed by atoms with Crippen molar-refractivity contribution >= 4 is 17.5 Å². The number of hydrogen-bond acceptors (Lipinski definition) is 2. The Morgan fingerprint density at radius 1 is 1.36 bits per heavy atom. The molecule has 1 aliphatic rings. The van der Waals surface area contributed by atoms with E-state index in [-0.39, 0.29) is 0 Å². The van der Waals surface area contributed by atoms with E-state index in [0.29, 0.717) is 5.69 Å². The van der Waals surface area contributed by atoms with Gasteiger partial charge in [-0.1, -0.05) is 49.4 Å². The quantitative estimate of drug-likeness (QED) is 0.939. The molecule has 0 saturated heterocycles. The number of carbonyl (C=O) groups excluding carboxylic acids is 1. The van der Waals surface area contributed by atoms with Crippen LogP contribution in [0.3, 0.4) is 0 Å². The molecule has 0 unspecified atom stereocenters. The first-order valence-corrected chi connectivity index (χ1v) is 7.96. The van der Waals surface area contributed by atoms with Gasteiger partial charge in [0.1, 0.15) is 5.69 Å². The average molecular weight is 320 g/mol. The maximum Gasteiger partial charge on any atom is 0.266 e. The monoisotopic (exact) mass is 319 g/mol. The lowest BCUT2D eigenvalue weighted by molar-refractivity contribution is 0.0991. The van der Waals surface area contributed by atoms with Crippen molar-refractivity contribution in [3.8, 4) is 0 Å². The molecule has 0 atom stereocenters. The minimum absolute atomic E-state index is 0.426. The first-order chi connectivity index (χ1) is 10.6. The third-order valence-electron chi connectivity index (χ3n) is 3.96. The summed E-state index contributed by atoms with van der Waals surface area (Å²) in [4.78, 5) is 10.4. The molecule has 118 valence electrons. The van der Waals surface area contributed by atoms with Gasteiger partial charge >= 0.3 is 0 Å². The van der Waals surface area contributed by atoms with Gasteiger partial charge in [-0.2, -0.15) is 5.10 Å². The minimum Gasteiger partial charge on any atom is -0.364 e. The molecular formula is C17H22ClN3O. The zero-order chi connectivity index (χ0) is 15.9. The first kappa shape index (κ1) is 16.6. The van der Waals surface area contributed by atoms with Crippen molar-refractivity contribution in [1.82, 2.24) is 9.78 Å². The third kappa shape index (κ3) is 4.88. The van der Waals surface area contributed by atoms with Crippen LogP contribution in [0, 0.1) is 5.92 Å². The van der Waals surface area contributed by atoms with Crippen molar-refractivity contribution in [1.29, 1.82) is 0 Å². The maximum absolute atomic E-state index is 10.4. The third-order valence-corrected chi connectivity index (χ3v) is 4.20. The molecule has 1 aromatic carbocycles. The molecule has 1 heterocycles. The van der Waals surface area contributed by atoms with E-state index >= 15 is 0 Å². The predicted molar refractivity (Wildman–Crippen MR) is 88.8 cm³/mol. The second-order valence-electron chi connectivity index (χ2n) is 5.69. The predicted octanol–water partition coefficient (Wildman–Crippen LogP) is 3.59. The molecule has 2 N–H and O–H groups in total. The molecule has 5 heteroatoms. The molecule has 1 aromatic heterocycles. The van der Waals surface area contributed by atoms with Gasteiger partial charge in [-0.15, -0.1) is 0 Å². The van der Waals surface area contributed by atoms with Crippen LogP contribution in [0.1, 0.15) is 41.7 Å². The fourth-order valence-corrected chi connectivity index (χ4v) is 3.04. The fourth-order valence-electron chi connectivity index (χ4n) is 2.83. The summed E-state index contributed by atoms with van der Waals surface area (Å²) in [5.41, 5.74) is 6.79. The van der Waals surface area contributed by atoms with Crippen LogP contribution in [0.5, 0.6) is 0 Å². The molecule has 3 rings (SSSR count). The van der Waals surface area contributed by atoms with E-state index in [2.05, 4.69) is 17.2 Å². The Morgan fingerprint density at radius 3 is 2.59 bits per heavy atom. The second kappa shape index (κ2) is 7.99. The Bertz CT molecular complexity index is 618. The number of rotatable bonds is 3. The summed E-state index contributed by atoms with van der Waals surface area (Å²) < 4.78 is 1.43. The van der Waals surface area contributed by atoms with Gasteiger partial charge in [-0.3, -0.25) is 9.48 Å². The van der Waals surface area contributed by atoms with Crippen LogP contribution in [0.2, 0.25) is 5.02 Å². The number of benzene rings is 1. The van der Waals surface area contributed by atoms with Gasteiger partial charge in [0.25, 0.3) is 5.91 Å². The van der Waals surface area contributed by atoms with E-state index in [1.807, 2.05) is 12.1 Å². The zero-order valence-corrected chi connectivity index (χ0v) is 13.6. The molecular weight excluding hydrogens is 298 g/mol. The van der Waals surface area contributed by atoms with Crippen molar-refractivity contribution in [2.24, 2.45) is 18.7 Å². The van der Waals surface area contributed by atoms with Gasteiger partial charge in [0.2, 0.25) is 0 Å². The topological polar surface area (TPSA) is 60.9 Å². The van der Waals surface area contributed by atoms with Gasteiger partial charge in [0, 0.05) is 18.3 Å². The summed E-state index contributed by atoms with van der Waals surface area (Å²) in [7, 11) is 1.67. The lowest BCUT2D eigenvalue weighted by Crippen LogP contribution is -2.15. The minimum atomic E-state index is -0.449. The summed E-state index contributed by atoms with van der Waals surface area (Å²) >= 11 is 5.93. The normalized spacial score (nSPS) is 14.5. The Morgan fingerprint density at radius 2 is 2.09 bits per heavy atom. The summed E-state index contributed by atoms with van der Waals surface area (Å²) in [6, 6.07) is 9.85. The van der Waals surface area contributed by atoms with Gasteiger partial charge < -0.3 is 5.73 Å². The number of halogens is 1. The van der Waals surface area contributed by atoms with E-state index in [1.54, 1.807) is 13.1 Å². The number of carbonyl (C=O) groups is 1. The molecule has 1 aliphatic carbocycles. The highest BCUT2D eigenvalue weighted by Gasteiger charge is 2.15. The number of nitrogens with two attached hydrogens (primary N) is 1. The number of aryl methyl sites for hydroxylation is 1. The summed E-state index contributed by atoms with van der Waals surface area (Å²) in [6.45, 7) is 0. The maximum atomic E-state index is 10.4. The smallest absolute Gasteiger partial charge is 0.266 e. The van der Waals surface area contributed by atoms with E-state index in [0.717, 1.165) is 10.9 Å². The number of primary amides is 1. The molecule has 1 saturated carbocycles. The molecule has 2 aromatic rings. The number of amides is 1. The number of nitrogens with zero attached hydrogens (tertiary/aromatic N) is 2. The van der Waals surface area contributed by atoms with E-state index in [4.69, 9.17) is 17.3 Å². The molecule has 22 heavy (non-hydrogen) atoms. The van der Waals surface area contributed by atoms with Crippen LogP contribution in [-0.2, 0) is 13.5 Å². The molecule has 0 radical (unpaired) electrons. The van der Waals surface area contributed by atoms with Crippen molar-refractivity contribution < 1.29 is 4.79 Å². The Kier molecular flexibility index (Phi) is 6.01. The van der Waals surface area contributed by atoms with Crippen molar-refractivity contribution in [3.05, 3.63) is 52.8 Å². The first-order valence-electron chi connectivity index (χ1n) is 7.58. The van der Waals surface area contributed by atoms with Gasteiger partial charge in [-0.05, 0) is 36.1 Å². The van der Waals surface area contributed by atoms with Gasteiger partial charge in [0.15, 0.2) is 0 Å². The van der Waals surface area contributed by atoms with Crippen LogP contribution in [0.4, 0.5) is 0 Å². The summed E-state index contributed by atoms with van der Waals surface area (Å²) in [6.07, 6.45) is 8.41. The zero-order valence-electron chi connectivity index (χ0n) is 12.8. The van der Waals surface area contributed by atoms with E-state index in [1.165, 1.54) is 48.5 Å².